The second-order valence-electron chi connectivity index (χ2n) is 6.01. The fraction of sp³-hybridized carbons (Fsp3) is 0.706. The van der Waals surface area contributed by atoms with Crippen LogP contribution in [0.2, 0.25) is 0 Å². The van der Waals surface area contributed by atoms with Crippen LogP contribution in [0.4, 0.5) is 5.82 Å². The van der Waals surface area contributed by atoms with E-state index >= 15 is 0 Å². The van der Waals surface area contributed by atoms with Crippen molar-refractivity contribution in [3.05, 3.63) is 23.4 Å². The monoisotopic (exact) mass is 294 g/mol. The summed E-state index contributed by atoms with van der Waals surface area (Å²) in [4.78, 5) is 7.23. The summed E-state index contributed by atoms with van der Waals surface area (Å²) >= 11 is 6.01. The van der Waals surface area contributed by atoms with Gasteiger partial charge in [0.15, 0.2) is 0 Å². The van der Waals surface area contributed by atoms with Crippen LogP contribution >= 0.6 is 11.6 Å². The lowest BCUT2D eigenvalue weighted by Crippen LogP contribution is -2.40. The number of nitrogens with zero attached hydrogens (tertiary/aromatic N) is 2. The predicted molar refractivity (Wildman–Crippen MR) is 87.6 cm³/mol. The minimum atomic E-state index is 0.564. The average Bonchev–Trinajstić information content (AvgIpc) is 2.54. The second kappa shape index (κ2) is 6.80. The van der Waals surface area contributed by atoms with E-state index in [4.69, 9.17) is 16.6 Å². The topological polar surface area (TPSA) is 16.1 Å². The molecule has 0 atom stereocenters. The van der Waals surface area contributed by atoms with Crippen molar-refractivity contribution in [2.75, 3.05) is 18.0 Å². The highest BCUT2D eigenvalue weighted by Crippen LogP contribution is 2.38. The summed E-state index contributed by atoms with van der Waals surface area (Å²) in [5.74, 6) is 1.70. The lowest BCUT2D eigenvalue weighted by atomic mass is 9.74. The molecule has 112 valence electrons. The van der Waals surface area contributed by atoms with Gasteiger partial charge in [-0.15, -0.1) is 11.6 Å². The van der Waals surface area contributed by atoms with Gasteiger partial charge in [0, 0.05) is 24.7 Å². The Kier molecular flexibility index (Phi) is 5.31. The second-order valence-corrected chi connectivity index (χ2v) is 6.27. The molecule has 0 spiro atoms. The van der Waals surface area contributed by atoms with Crippen LogP contribution in [-0.2, 0) is 12.3 Å². The first-order chi connectivity index (χ1) is 9.66. The molecule has 0 radical (unpaired) electrons. The van der Waals surface area contributed by atoms with Gasteiger partial charge in [-0.2, -0.15) is 0 Å². The van der Waals surface area contributed by atoms with Crippen LogP contribution in [0, 0.1) is 5.41 Å². The zero-order chi connectivity index (χ0) is 14.6. The van der Waals surface area contributed by atoms with E-state index in [9.17, 15) is 0 Å². The van der Waals surface area contributed by atoms with Gasteiger partial charge < -0.3 is 4.90 Å². The highest BCUT2D eigenvalue weighted by Gasteiger charge is 2.31. The lowest BCUT2D eigenvalue weighted by molar-refractivity contribution is 0.199. The zero-order valence-corrected chi connectivity index (χ0v) is 13.8. The summed E-state index contributed by atoms with van der Waals surface area (Å²) in [6.07, 6.45) is 6.14. The molecule has 1 saturated heterocycles. The van der Waals surface area contributed by atoms with Gasteiger partial charge in [0.25, 0.3) is 0 Å². The predicted octanol–water partition coefficient (Wildman–Crippen LogP) is 4.79. The molecule has 1 aromatic rings. The molecule has 1 aromatic heterocycles. The molecule has 20 heavy (non-hydrogen) atoms. The van der Waals surface area contributed by atoms with Crippen molar-refractivity contribution < 1.29 is 0 Å². The number of hydrogen-bond acceptors (Lipinski definition) is 2. The Hall–Kier alpha value is -0.760. The highest BCUT2D eigenvalue weighted by molar-refractivity contribution is 6.17. The number of pyridine rings is 1. The zero-order valence-electron chi connectivity index (χ0n) is 13.1. The number of aryl methyl sites for hydroxylation is 1. The van der Waals surface area contributed by atoms with Crippen molar-refractivity contribution in [1.29, 1.82) is 0 Å². The van der Waals surface area contributed by atoms with Crippen LogP contribution in [-0.4, -0.2) is 18.1 Å². The smallest absolute Gasteiger partial charge is 0.129 e. The molecular weight excluding hydrogens is 268 g/mol. The summed E-state index contributed by atoms with van der Waals surface area (Å²) in [7, 11) is 0. The number of alkyl halides is 1. The van der Waals surface area contributed by atoms with E-state index in [0.29, 0.717) is 11.3 Å². The molecule has 1 aliphatic heterocycles. The van der Waals surface area contributed by atoms with Crippen molar-refractivity contribution in [2.24, 2.45) is 5.41 Å². The Morgan fingerprint density at radius 2 is 1.80 bits per heavy atom. The molecule has 0 aliphatic carbocycles. The number of hydrogen-bond donors (Lipinski definition) is 0. The first kappa shape index (κ1) is 15.6. The quantitative estimate of drug-likeness (QED) is 0.726. The molecule has 1 aliphatic rings. The maximum Gasteiger partial charge on any atom is 0.129 e. The maximum atomic E-state index is 6.01. The summed E-state index contributed by atoms with van der Waals surface area (Å²) in [6, 6.07) is 4.29. The molecule has 0 amide bonds. The Labute approximate surface area is 128 Å². The van der Waals surface area contributed by atoms with Crippen LogP contribution in [0.15, 0.2) is 12.1 Å². The number of halogens is 1. The largest absolute Gasteiger partial charge is 0.357 e. The van der Waals surface area contributed by atoms with Crippen LogP contribution in [0.1, 0.15) is 57.7 Å². The molecule has 3 heteroatoms. The molecule has 0 bridgehead atoms. The first-order valence-corrected chi connectivity index (χ1v) is 8.50. The molecule has 2 rings (SSSR count). The first-order valence-electron chi connectivity index (χ1n) is 7.97. The summed E-state index contributed by atoms with van der Waals surface area (Å²) in [5.41, 5.74) is 2.91. The highest BCUT2D eigenvalue weighted by atomic mass is 35.5. The van der Waals surface area contributed by atoms with Gasteiger partial charge in [0.1, 0.15) is 5.82 Å². The Bertz CT molecular complexity index is 408. The lowest BCUT2D eigenvalue weighted by Gasteiger charge is -2.41. The molecule has 2 nitrogen and oxygen atoms in total. The van der Waals surface area contributed by atoms with Gasteiger partial charge >= 0.3 is 0 Å². The Morgan fingerprint density at radius 3 is 2.30 bits per heavy atom. The van der Waals surface area contributed by atoms with Crippen LogP contribution in [0.3, 0.4) is 0 Å². The number of rotatable bonds is 5. The average molecular weight is 295 g/mol. The third kappa shape index (κ3) is 3.28. The van der Waals surface area contributed by atoms with Gasteiger partial charge in [-0.05, 0) is 42.4 Å². The Morgan fingerprint density at radius 1 is 1.15 bits per heavy atom. The Balaban J connectivity index is 2.14. The van der Waals surface area contributed by atoms with E-state index < -0.39 is 0 Å². The SMILES string of the molecule is CCc1cc(CCl)cc(N2CCC(CC)(CC)CC2)n1. The van der Waals surface area contributed by atoms with Crippen molar-refractivity contribution >= 4 is 17.4 Å². The molecule has 0 unspecified atom stereocenters. The fourth-order valence-electron chi connectivity index (χ4n) is 3.22. The van der Waals surface area contributed by atoms with Crippen LogP contribution in [0.5, 0.6) is 0 Å². The third-order valence-electron chi connectivity index (χ3n) is 5.09. The normalized spacial score (nSPS) is 18.3. The fourth-order valence-corrected chi connectivity index (χ4v) is 3.38. The van der Waals surface area contributed by atoms with E-state index in [2.05, 4.69) is 37.8 Å². The van der Waals surface area contributed by atoms with E-state index in [-0.39, 0.29) is 0 Å². The van der Waals surface area contributed by atoms with Gasteiger partial charge in [0.05, 0.1) is 0 Å². The van der Waals surface area contributed by atoms with Gasteiger partial charge in [-0.1, -0.05) is 33.6 Å². The molecular formula is C17H27ClN2. The molecule has 2 heterocycles. The molecule has 0 aromatic carbocycles. The minimum absolute atomic E-state index is 0.564. The van der Waals surface area contributed by atoms with E-state index in [0.717, 1.165) is 31.0 Å². The van der Waals surface area contributed by atoms with Crippen LogP contribution < -0.4 is 4.90 Å². The van der Waals surface area contributed by atoms with Gasteiger partial charge in [-0.3, -0.25) is 0 Å². The summed E-state index contributed by atoms with van der Waals surface area (Å²) < 4.78 is 0. The number of aromatic nitrogens is 1. The van der Waals surface area contributed by atoms with Crippen molar-refractivity contribution in [2.45, 2.75) is 58.8 Å². The summed E-state index contributed by atoms with van der Waals surface area (Å²) in [6.45, 7) is 9.08. The summed E-state index contributed by atoms with van der Waals surface area (Å²) in [5, 5.41) is 0. The third-order valence-corrected chi connectivity index (χ3v) is 5.40. The van der Waals surface area contributed by atoms with E-state index in [1.54, 1.807) is 0 Å². The van der Waals surface area contributed by atoms with Crippen LogP contribution in [0.25, 0.3) is 0 Å². The van der Waals surface area contributed by atoms with E-state index in [1.165, 1.54) is 31.2 Å². The number of anilines is 1. The molecule has 0 saturated carbocycles. The maximum absolute atomic E-state index is 6.01. The van der Waals surface area contributed by atoms with Crippen molar-refractivity contribution in [1.82, 2.24) is 4.98 Å². The van der Waals surface area contributed by atoms with Gasteiger partial charge in [-0.25, -0.2) is 4.98 Å². The van der Waals surface area contributed by atoms with Crippen molar-refractivity contribution in [3.8, 4) is 0 Å². The standard InChI is InChI=1S/C17H27ClN2/c1-4-15-11-14(13-18)12-16(19-15)20-9-7-17(5-2,6-3)8-10-20/h11-12H,4-10,13H2,1-3H3. The minimum Gasteiger partial charge on any atom is -0.357 e. The molecule has 0 N–H and O–H groups in total. The molecule has 1 fully saturated rings. The number of piperidine rings is 1. The van der Waals surface area contributed by atoms with E-state index in [1.807, 2.05) is 0 Å². The van der Waals surface area contributed by atoms with Gasteiger partial charge in [0.2, 0.25) is 0 Å². The van der Waals surface area contributed by atoms with Crippen molar-refractivity contribution in [3.63, 3.8) is 0 Å².